The van der Waals surface area contributed by atoms with Gasteiger partial charge in [0.2, 0.25) is 0 Å². The fourth-order valence-electron chi connectivity index (χ4n) is 2.29. The number of hydrogen-bond acceptors (Lipinski definition) is 4. The lowest BCUT2D eigenvalue weighted by atomic mass is 10.1. The minimum atomic E-state index is -0.341. The van der Waals surface area contributed by atoms with Crippen molar-refractivity contribution >= 4 is 22.9 Å². The summed E-state index contributed by atoms with van der Waals surface area (Å²) < 4.78 is 2.52. The molecule has 0 amide bonds. The monoisotopic (exact) mass is 266 g/mol. The van der Waals surface area contributed by atoms with Gasteiger partial charge in [0.05, 0.1) is 0 Å². The Bertz CT molecular complexity index is 721. The van der Waals surface area contributed by atoms with Crippen molar-refractivity contribution in [3.63, 3.8) is 0 Å². The van der Waals surface area contributed by atoms with Crippen molar-refractivity contribution < 1.29 is 0 Å². The van der Waals surface area contributed by atoms with E-state index in [0.717, 1.165) is 28.3 Å². The van der Waals surface area contributed by atoms with Crippen LogP contribution in [0.3, 0.4) is 0 Å². The molecule has 1 fully saturated rings. The van der Waals surface area contributed by atoms with Crippen LogP contribution in [0.2, 0.25) is 0 Å². The molecular weight excluding hydrogens is 252 g/mol. The third kappa shape index (κ3) is 1.53. The van der Waals surface area contributed by atoms with Crippen LogP contribution < -0.4 is 11.2 Å². The molecule has 2 aromatic rings. The van der Waals surface area contributed by atoms with Crippen molar-refractivity contribution in [3.8, 4) is 0 Å². The molecular formula is C11H14N4O2S. The number of imidazole rings is 1. The standard InChI is InChI=1S/C11H14N4O2S/c1-14-9-7(10(16)15(2)11(14)17)12-8(13-9)6-3-4-18-5-6/h6H,3-5H2,1-2H3,(H,12,13). The Morgan fingerprint density at radius 3 is 2.78 bits per heavy atom. The summed E-state index contributed by atoms with van der Waals surface area (Å²) in [6.07, 6.45) is 1.07. The molecule has 2 aromatic heterocycles. The van der Waals surface area contributed by atoms with E-state index in [9.17, 15) is 9.59 Å². The molecule has 18 heavy (non-hydrogen) atoms. The van der Waals surface area contributed by atoms with Gasteiger partial charge in [-0.3, -0.25) is 13.9 Å². The van der Waals surface area contributed by atoms with E-state index in [1.165, 1.54) is 11.6 Å². The van der Waals surface area contributed by atoms with Crippen LogP contribution in [0.4, 0.5) is 0 Å². The molecule has 1 aliphatic rings. The number of rotatable bonds is 1. The SMILES string of the molecule is Cn1c(=O)c2[nH]c(C3CCSC3)nc2n(C)c1=O. The first-order chi connectivity index (χ1) is 8.59. The van der Waals surface area contributed by atoms with E-state index in [0.29, 0.717) is 17.1 Å². The number of hydrogen-bond donors (Lipinski definition) is 1. The lowest BCUT2D eigenvalue weighted by Crippen LogP contribution is -2.36. The molecule has 6 nitrogen and oxygen atoms in total. The smallest absolute Gasteiger partial charge is 0.332 e. The minimum absolute atomic E-state index is 0.308. The predicted molar refractivity (Wildman–Crippen MR) is 71.3 cm³/mol. The van der Waals surface area contributed by atoms with Gasteiger partial charge >= 0.3 is 5.69 Å². The van der Waals surface area contributed by atoms with Crippen LogP contribution in [-0.2, 0) is 14.1 Å². The molecule has 0 bridgehead atoms. The van der Waals surface area contributed by atoms with Gasteiger partial charge in [0.25, 0.3) is 5.56 Å². The molecule has 0 aromatic carbocycles. The average molecular weight is 266 g/mol. The molecule has 1 N–H and O–H groups in total. The van der Waals surface area contributed by atoms with Crippen LogP contribution in [-0.4, -0.2) is 30.6 Å². The molecule has 1 atom stereocenters. The summed E-state index contributed by atoms with van der Waals surface area (Å²) in [5.74, 6) is 3.34. The lowest BCUT2D eigenvalue weighted by molar-refractivity contribution is 0.706. The Kier molecular flexibility index (Phi) is 2.58. The molecule has 0 saturated carbocycles. The summed E-state index contributed by atoms with van der Waals surface area (Å²) in [6, 6.07) is 0. The van der Waals surface area contributed by atoms with Crippen molar-refractivity contribution in [1.29, 1.82) is 0 Å². The van der Waals surface area contributed by atoms with E-state index in [1.807, 2.05) is 11.8 Å². The van der Waals surface area contributed by atoms with E-state index in [2.05, 4.69) is 9.97 Å². The number of aromatic nitrogens is 4. The van der Waals surface area contributed by atoms with Gasteiger partial charge in [-0.15, -0.1) is 0 Å². The lowest BCUT2D eigenvalue weighted by Gasteiger charge is -2.01. The maximum absolute atomic E-state index is 12.0. The maximum Gasteiger partial charge on any atom is 0.332 e. The number of aryl methyl sites for hydroxylation is 1. The van der Waals surface area contributed by atoms with Crippen molar-refractivity contribution in [3.05, 3.63) is 26.7 Å². The van der Waals surface area contributed by atoms with Crippen LogP contribution in [0.1, 0.15) is 18.2 Å². The van der Waals surface area contributed by atoms with Crippen molar-refractivity contribution in [2.24, 2.45) is 14.1 Å². The molecule has 96 valence electrons. The van der Waals surface area contributed by atoms with Gasteiger partial charge in [-0.2, -0.15) is 11.8 Å². The van der Waals surface area contributed by atoms with Crippen LogP contribution in [0.25, 0.3) is 11.2 Å². The van der Waals surface area contributed by atoms with Crippen molar-refractivity contribution in [2.75, 3.05) is 11.5 Å². The van der Waals surface area contributed by atoms with Crippen LogP contribution in [0.5, 0.6) is 0 Å². The quantitative estimate of drug-likeness (QED) is 0.799. The Hall–Kier alpha value is -1.50. The van der Waals surface area contributed by atoms with Gasteiger partial charge in [0, 0.05) is 25.8 Å². The van der Waals surface area contributed by atoms with E-state index in [1.54, 1.807) is 7.05 Å². The topological polar surface area (TPSA) is 72.7 Å². The number of aromatic amines is 1. The zero-order valence-corrected chi connectivity index (χ0v) is 11.1. The van der Waals surface area contributed by atoms with Gasteiger partial charge in [-0.05, 0) is 12.2 Å². The van der Waals surface area contributed by atoms with Gasteiger partial charge in [-0.25, -0.2) is 9.78 Å². The summed E-state index contributed by atoms with van der Waals surface area (Å²) in [5, 5.41) is 0. The molecule has 3 heterocycles. The van der Waals surface area contributed by atoms with Gasteiger partial charge in [0.1, 0.15) is 11.3 Å². The largest absolute Gasteiger partial charge is 0.336 e. The first kappa shape index (κ1) is 11.6. The third-order valence-electron chi connectivity index (χ3n) is 3.43. The van der Waals surface area contributed by atoms with Crippen LogP contribution in [0, 0.1) is 0 Å². The molecule has 0 aliphatic carbocycles. The zero-order chi connectivity index (χ0) is 12.9. The van der Waals surface area contributed by atoms with Crippen molar-refractivity contribution in [2.45, 2.75) is 12.3 Å². The van der Waals surface area contributed by atoms with Crippen LogP contribution >= 0.6 is 11.8 Å². The van der Waals surface area contributed by atoms with Crippen molar-refractivity contribution in [1.82, 2.24) is 19.1 Å². The summed E-state index contributed by atoms with van der Waals surface area (Å²) in [6.45, 7) is 0. The average Bonchev–Trinajstić information content (AvgIpc) is 3.01. The Morgan fingerprint density at radius 2 is 2.11 bits per heavy atom. The van der Waals surface area contributed by atoms with Gasteiger partial charge in [0.15, 0.2) is 5.65 Å². The van der Waals surface area contributed by atoms with Crippen LogP contribution in [0.15, 0.2) is 9.59 Å². The Morgan fingerprint density at radius 1 is 1.33 bits per heavy atom. The highest BCUT2D eigenvalue weighted by Crippen LogP contribution is 2.31. The second-order valence-electron chi connectivity index (χ2n) is 4.59. The maximum atomic E-state index is 12.0. The molecule has 0 spiro atoms. The first-order valence-corrected chi connectivity index (χ1v) is 6.98. The second kappa shape index (κ2) is 4.01. The van der Waals surface area contributed by atoms with E-state index in [-0.39, 0.29) is 11.2 Å². The minimum Gasteiger partial charge on any atom is -0.336 e. The number of H-pyrrole nitrogens is 1. The number of nitrogens with one attached hydrogen (secondary N) is 1. The fraction of sp³-hybridized carbons (Fsp3) is 0.545. The molecule has 3 rings (SSSR count). The molecule has 7 heteroatoms. The second-order valence-corrected chi connectivity index (χ2v) is 5.74. The highest BCUT2D eigenvalue weighted by molar-refractivity contribution is 7.99. The molecule has 1 aliphatic heterocycles. The number of thioether (sulfide) groups is 1. The van der Waals surface area contributed by atoms with E-state index in [4.69, 9.17) is 0 Å². The summed E-state index contributed by atoms with van der Waals surface area (Å²) in [7, 11) is 3.12. The van der Waals surface area contributed by atoms with Gasteiger partial charge in [-0.1, -0.05) is 0 Å². The van der Waals surface area contributed by atoms with E-state index >= 15 is 0 Å². The van der Waals surface area contributed by atoms with E-state index < -0.39 is 0 Å². The highest BCUT2D eigenvalue weighted by Gasteiger charge is 2.22. The fourth-order valence-corrected chi connectivity index (χ4v) is 3.51. The Balaban J connectivity index is 2.29. The first-order valence-electron chi connectivity index (χ1n) is 5.83. The Labute approximate surface area is 107 Å². The zero-order valence-electron chi connectivity index (χ0n) is 10.3. The molecule has 1 saturated heterocycles. The highest BCUT2D eigenvalue weighted by atomic mass is 32.2. The van der Waals surface area contributed by atoms with Gasteiger partial charge < -0.3 is 4.98 Å². The summed E-state index contributed by atoms with van der Waals surface area (Å²) in [5.41, 5.74) is 0.227. The molecule has 1 unspecified atom stereocenters. The predicted octanol–water partition coefficient (Wildman–Crippen LogP) is 0.181. The normalized spacial score (nSPS) is 19.8. The third-order valence-corrected chi connectivity index (χ3v) is 4.59. The summed E-state index contributed by atoms with van der Waals surface area (Å²) >= 11 is 1.89. The molecule has 0 radical (unpaired) electrons. The summed E-state index contributed by atoms with van der Waals surface area (Å²) in [4.78, 5) is 31.3. The number of fused-ring (bicyclic) bond motifs is 1. The number of nitrogens with zero attached hydrogens (tertiary/aromatic N) is 3.